The highest BCUT2D eigenvalue weighted by atomic mass is 35.5. The number of anilines is 1. The maximum absolute atomic E-state index is 12.8. The van der Waals surface area contributed by atoms with Crippen molar-refractivity contribution in [2.75, 3.05) is 11.9 Å². The van der Waals surface area contributed by atoms with E-state index in [9.17, 15) is 18.0 Å². The molecule has 25 heavy (non-hydrogen) atoms. The lowest BCUT2D eigenvalue weighted by atomic mass is 10.2. The summed E-state index contributed by atoms with van der Waals surface area (Å²) >= 11 is 5.42. The molecular formula is C17H17ClN2O4S. The van der Waals surface area contributed by atoms with Crippen LogP contribution < -0.4 is 5.32 Å². The summed E-state index contributed by atoms with van der Waals surface area (Å²) in [6, 6.07) is 14.6. The highest BCUT2D eigenvalue weighted by Gasteiger charge is 2.26. The zero-order valence-corrected chi connectivity index (χ0v) is 15.0. The van der Waals surface area contributed by atoms with Crippen LogP contribution in [-0.4, -0.2) is 30.4 Å². The lowest BCUT2D eigenvalue weighted by Gasteiger charge is -2.21. The highest BCUT2D eigenvalue weighted by Crippen LogP contribution is 2.20. The van der Waals surface area contributed by atoms with Crippen molar-refractivity contribution in [2.24, 2.45) is 0 Å². The predicted octanol–water partition coefficient (Wildman–Crippen LogP) is 2.60. The Morgan fingerprint density at radius 3 is 2.16 bits per heavy atom. The van der Waals surface area contributed by atoms with Crippen LogP contribution in [0.2, 0.25) is 0 Å². The number of rotatable bonds is 7. The van der Waals surface area contributed by atoms with Gasteiger partial charge in [0, 0.05) is 19.2 Å². The molecule has 1 N–H and O–H groups in total. The zero-order chi connectivity index (χ0) is 18.4. The van der Waals surface area contributed by atoms with E-state index in [0.717, 1.165) is 9.87 Å². The van der Waals surface area contributed by atoms with Gasteiger partial charge in [-0.25, -0.2) is 8.42 Å². The Balaban J connectivity index is 2.30. The molecule has 0 saturated heterocycles. The molecule has 0 aromatic heterocycles. The third-order valence-electron chi connectivity index (χ3n) is 3.31. The zero-order valence-electron chi connectivity index (χ0n) is 13.5. The van der Waals surface area contributed by atoms with Crippen LogP contribution in [0.1, 0.15) is 12.5 Å². The summed E-state index contributed by atoms with van der Waals surface area (Å²) in [5.74, 6) is -0.256. The van der Waals surface area contributed by atoms with Gasteiger partial charge in [0.1, 0.15) is 0 Å². The van der Waals surface area contributed by atoms with Gasteiger partial charge in [-0.05, 0) is 41.4 Å². The molecule has 0 spiro atoms. The Morgan fingerprint density at radius 1 is 1.04 bits per heavy atom. The van der Waals surface area contributed by atoms with Crippen LogP contribution in [0.4, 0.5) is 5.69 Å². The van der Waals surface area contributed by atoms with Crippen LogP contribution in [0.3, 0.4) is 0 Å². The standard InChI is InChI=1S/C17H17ClN2O4S/c1-13(21)19-15-7-9-16(10-8-15)25(23,24)20(12-17(18)22)11-14-5-3-2-4-6-14/h2-10H,11-12H2,1H3,(H,19,21). The molecule has 6 nitrogen and oxygen atoms in total. The van der Waals surface area contributed by atoms with Crippen molar-refractivity contribution in [2.45, 2.75) is 18.4 Å². The molecule has 0 radical (unpaired) electrons. The van der Waals surface area contributed by atoms with E-state index in [1.807, 2.05) is 6.07 Å². The van der Waals surface area contributed by atoms with Crippen molar-refractivity contribution in [3.8, 4) is 0 Å². The Kier molecular flexibility index (Phi) is 6.30. The lowest BCUT2D eigenvalue weighted by Crippen LogP contribution is -2.34. The van der Waals surface area contributed by atoms with E-state index in [0.29, 0.717) is 5.69 Å². The van der Waals surface area contributed by atoms with Gasteiger partial charge in [0.2, 0.25) is 21.2 Å². The van der Waals surface area contributed by atoms with Gasteiger partial charge in [0.15, 0.2) is 0 Å². The average molecular weight is 381 g/mol. The van der Waals surface area contributed by atoms with Crippen molar-refractivity contribution in [1.82, 2.24) is 4.31 Å². The van der Waals surface area contributed by atoms with Crippen LogP contribution in [-0.2, 0) is 26.2 Å². The Morgan fingerprint density at radius 2 is 1.64 bits per heavy atom. The molecule has 1 amide bonds. The molecule has 0 heterocycles. The molecule has 0 atom stereocenters. The predicted molar refractivity (Wildman–Crippen MR) is 95.6 cm³/mol. The van der Waals surface area contributed by atoms with Gasteiger partial charge in [-0.1, -0.05) is 30.3 Å². The first-order valence-electron chi connectivity index (χ1n) is 7.39. The van der Waals surface area contributed by atoms with E-state index in [1.165, 1.54) is 31.2 Å². The number of amides is 1. The number of hydrogen-bond acceptors (Lipinski definition) is 4. The fraction of sp³-hybridized carbons (Fsp3) is 0.176. The molecule has 8 heteroatoms. The fourth-order valence-corrected chi connectivity index (χ4v) is 3.81. The van der Waals surface area contributed by atoms with Crippen LogP contribution in [0.15, 0.2) is 59.5 Å². The summed E-state index contributed by atoms with van der Waals surface area (Å²) in [5, 5.41) is 1.79. The Bertz CT molecular complexity index is 852. The number of nitrogens with zero attached hydrogens (tertiary/aromatic N) is 1. The Hall–Kier alpha value is -2.22. The molecule has 2 aromatic carbocycles. The molecular weight excluding hydrogens is 364 g/mol. The normalized spacial score (nSPS) is 11.3. The molecule has 0 fully saturated rings. The largest absolute Gasteiger partial charge is 0.326 e. The third-order valence-corrected chi connectivity index (χ3v) is 5.24. The molecule has 0 bridgehead atoms. The van der Waals surface area contributed by atoms with Crippen molar-refractivity contribution in [1.29, 1.82) is 0 Å². The number of carbonyl (C=O) groups excluding carboxylic acids is 2. The van der Waals surface area contributed by atoms with E-state index in [2.05, 4.69) is 5.32 Å². The lowest BCUT2D eigenvalue weighted by molar-refractivity contribution is -0.114. The number of hydrogen-bond donors (Lipinski definition) is 1. The molecule has 0 aliphatic rings. The average Bonchev–Trinajstić information content (AvgIpc) is 2.55. The highest BCUT2D eigenvalue weighted by molar-refractivity contribution is 7.89. The van der Waals surface area contributed by atoms with Crippen molar-refractivity contribution >= 4 is 38.5 Å². The smallest absolute Gasteiger partial charge is 0.243 e. The van der Waals surface area contributed by atoms with Gasteiger partial charge < -0.3 is 5.32 Å². The summed E-state index contributed by atoms with van der Waals surface area (Å²) in [7, 11) is -3.92. The molecule has 2 rings (SSSR count). The van der Waals surface area contributed by atoms with E-state index in [1.54, 1.807) is 24.3 Å². The second-order valence-corrected chi connectivity index (χ2v) is 7.68. The molecule has 0 aliphatic heterocycles. The van der Waals surface area contributed by atoms with Crippen molar-refractivity contribution in [3.63, 3.8) is 0 Å². The van der Waals surface area contributed by atoms with Crippen LogP contribution >= 0.6 is 11.6 Å². The van der Waals surface area contributed by atoms with Gasteiger partial charge in [-0.3, -0.25) is 9.59 Å². The maximum atomic E-state index is 12.8. The minimum absolute atomic E-state index is 0.00968. The summed E-state index contributed by atoms with van der Waals surface area (Å²) < 4.78 is 26.7. The van der Waals surface area contributed by atoms with Crippen LogP contribution in [0, 0.1) is 0 Å². The topological polar surface area (TPSA) is 83.6 Å². The number of nitrogens with one attached hydrogen (secondary N) is 1. The number of carbonyl (C=O) groups is 2. The minimum atomic E-state index is -3.92. The van der Waals surface area contributed by atoms with E-state index in [-0.39, 0.29) is 17.3 Å². The van der Waals surface area contributed by atoms with E-state index in [4.69, 9.17) is 11.6 Å². The van der Waals surface area contributed by atoms with Gasteiger partial charge in [0.25, 0.3) is 0 Å². The van der Waals surface area contributed by atoms with E-state index >= 15 is 0 Å². The third kappa shape index (κ3) is 5.38. The quantitative estimate of drug-likeness (QED) is 0.748. The van der Waals surface area contributed by atoms with Crippen molar-refractivity contribution in [3.05, 3.63) is 60.2 Å². The minimum Gasteiger partial charge on any atom is -0.326 e. The van der Waals surface area contributed by atoms with Gasteiger partial charge in [-0.15, -0.1) is 0 Å². The molecule has 2 aromatic rings. The van der Waals surface area contributed by atoms with Crippen molar-refractivity contribution < 1.29 is 18.0 Å². The Labute approximate surface area is 151 Å². The SMILES string of the molecule is CC(=O)Nc1ccc(S(=O)(=O)N(CC(=O)Cl)Cc2ccccc2)cc1. The number of halogens is 1. The summed E-state index contributed by atoms with van der Waals surface area (Å²) in [6.07, 6.45) is 0. The number of sulfonamides is 1. The summed E-state index contributed by atoms with van der Waals surface area (Å²) in [5.41, 5.74) is 1.22. The first-order valence-corrected chi connectivity index (χ1v) is 9.21. The van der Waals surface area contributed by atoms with Gasteiger partial charge in [-0.2, -0.15) is 4.31 Å². The fourth-order valence-electron chi connectivity index (χ4n) is 2.21. The second-order valence-electron chi connectivity index (χ2n) is 5.32. The summed E-state index contributed by atoms with van der Waals surface area (Å²) in [4.78, 5) is 22.4. The van der Waals surface area contributed by atoms with Gasteiger partial charge in [0.05, 0.1) is 11.4 Å². The maximum Gasteiger partial charge on any atom is 0.243 e. The first kappa shape index (κ1) is 19.1. The number of benzene rings is 2. The molecule has 0 unspecified atom stereocenters. The van der Waals surface area contributed by atoms with E-state index < -0.39 is 21.8 Å². The first-order chi connectivity index (χ1) is 11.8. The molecule has 0 aliphatic carbocycles. The second kappa shape index (κ2) is 8.24. The summed E-state index contributed by atoms with van der Waals surface area (Å²) in [6.45, 7) is 0.944. The van der Waals surface area contributed by atoms with Gasteiger partial charge >= 0.3 is 0 Å². The monoisotopic (exact) mass is 380 g/mol. The molecule has 132 valence electrons. The molecule has 0 saturated carbocycles. The van der Waals surface area contributed by atoms with Crippen LogP contribution in [0.5, 0.6) is 0 Å². The van der Waals surface area contributed by atoms with Crippen LogP contribution in [0.25, 0.3) is 0 Å².